The van der Waals surface area contributed by atoms with Gasteiger partial charge in [0, 0.05) is 5.70 Å². The van der Waals surface area contributed by atoms with Crippen LogP contribution in [0.15, 0.2) is 71.3 Å². The molecule has 2 aromatic rings. The SMILES string of the molecule is CC1=CC(c2ccccc2)N(C(=O)NS(=O)(=O)c2ccccc2F)N1. The molecule has 1 aliphatic heterocycles. The molecule has 1 heterocycles. The highest BCUT2D eigenvalue weighted by molar-refractivity contribution is 7.90. The van der Waals surface area contributed by atoms with Gasteiger partial charge < -0.3 is 0 Å². The molecule has 2 aromatic carbocycles. The van der Waals surface area contributed by atoms with E-state index in [2.05, 4.69) is 5.43 Å². The Kier molecular flexibility index (Phi) is 4.45. The first-order valence-electron chi connectivity index (χ1n) is 7.49. The number of allylic oxidation sites excluding steroid dienone is 1. The third-order valence-electron chi connectivity index (χ3n) is 3.69. The third kappa shape index (κ3) is 3.48. The molecule has 0 bridgehead atoms. The summed E-state index contributed by atoms with van der Waals surface area (Å²) < 4.78 is 40.2. The number of halogens is 1. The van der Waals surface area contributed by atoms with Crippen molar-refractivity contribution in [1.82, 2.24) is 15.2 Å². The smallest absolute Gasteiger partial charge is 0.298 e. The second-order valence-corrected chi connectivity index (χ2v) is 7.18. The molecule has 0 aromatic heterocycles. The number of hydrogen-bond donors (Lipinski definition) is 2. The van der Waals surface area contributed by atoms with Gasteiger partial charge in [0.1, 0.15) is 16.8 Å². The van der Waals surface area contributed by atoms with Crippen molar-refractivity contribution in [2.24, 2.45) is 0 Å². The van der Waals surface area contributed by atoms with Crippen LogP contribution in [-0.4, -0.2) is 19.5 Å². The summed E-state index contributed by atoms with van der Waals surface area (Å²) in [6, 6.07) is 12.6. The van der Waals surface area contributed by atoms with Crippen molar-refractivity contribution in [2.45, 2.75) is 17.9 Å². The molecule has 25 heavy (non-hydrogen) atoms. The molecule has 1 atom stereocenters. The Morgan fingerprint density at radius 1 is 1.12 bits per heavy atom. The van der Waals surface area contributed by atoms with Crippen molar-refractivity contribution in [2.75, 3.05) is 0 Å². The predicted octanol–water partition coefficient (Wildman–Crippen LogP) is 2.69. The number of benzene rings is 2. The van der Waals surface area contributed by atoms with Crippen molar-refractivity contribution < 1.29 is 17.6 Å². The number of nitrogens with one attached hydrogen (secondary N) is 2. The molecule has 0 saturated carbocycles. The molecule has 0 aliphatic carbocycles. The van der Waals surface area contributed by atoms with Gasteiger partial charge in [-0.1, -0.05) is 42.5 Å². The number of carbonyl (C=O) groups excluding carboxylic acids is 1. The molecular weight excluding hydrogens is 345 g/mol. The summed E-state index contributed by atoms with van der Waals surface area (Å²) in [7, 11) is -4.33. The summed E-state index contributed by atoms with van der Waals surface area (Å²) in [4.78, 5) is 11.9. The van der Waals surface area contributed by atoms with E-state index in [0.717, 1.165) is 22.7 Å². The Hall–Kier alpha value is -2.87. The topological polar surface area (TPSA) is 78.5 Å². The first-order chi connectivity index (χ1) is 11.9. The average molecular weight is 361 g/mol. The van der Waals surface area contributed by atoms with Crippen LogP contribution in [0.1, 0.15) is 18.5 Å². The lowest BCUT2D eigenvalue weighted by atomic mass is 10.1. The number of sulfonamides is 1. The summed E-state index contributed by atoms with van der Waals surface area (Å²) in [5, 5.41) is 1.16. The van der Waals surface area contributed by atoms with E-state index in [9.17, 15) is 17.6 Å². The molecule has 1 unspecified atom stereocenters. The van der Waals surface area contributed by atoms with Crippen molar-refractivity contribution in [3.8, 4) is 0 Å². The average Bonchev–Trinajstić information content (AvgIpc) is 2.97. The Balaban J connectivity index is 1.85. The highest BCUT2D eigenvalue weighted by Gasteiger charge is 2.32. The molecule has 1 aliphatic rings. The van der Waals surface area contributed by atoms with Crippen molar-refractivity contribution in [3.63, 3.8) is 0 Å². The van der Waals surface area contributed by atoms with Crippen LogP contribution >= 0.6 is 0 Å². The Bertz CT molecular complexity index is 929. The van der Waals surface area contributed by atoms with Crippen molar-refractivity contribution in [3.05, 3.63) is 77.8 Å². The fourth-order valence-corrected chi connectivity index (χ4v) is 3.58. The molecule has 130 valence electrons. The zero-order valence-electron chi connectivity index (χ0n) is 13.3. The minimum Gasteiger partial charge on any atom is -0.298 e. The lowest BCUT2D eigenvalue weighted by molar-refractivity contribution is 0.179. The maximum atomic E-state index is 13.7. The van der Waals surface area contributed by atoms with E-state index in [1.165, 1.54) is 12.1 Å². The van der Waals surface area contributed by atoms with Crippen LogP contribution in [0.25, 0.3) is 0 Å². The molecule has 8 heteroatoms. The van der Waals surface area contributed by atoms with Crippen LogP contribution in [0.2, 0.25) is 0 Å². The normalized spacial score (nSPS) is 17.0. The standard InChI is InChI=1S/C17H16FN3O3S/c1-12-11-15(13-7-3-2-4-8-13)21(19-12)17(22)20-25(23,24)16-10-6-5-9-14(16)18/h2-11,15,19H,1H3,(H,20,22). The highest BCUT2D eigenvalue weighted by Crippen LogP contribution is 2.27. The van der Waals surface area contributed by atoms with E-state index in [0.29, 0.717) is 5.70 Å². The van der Waals surface area contributed by atoms with Crippen molar-refractivity contribution in [1.29, 1.82) is 0 Å². The van der Waals surface area contributed by atoms with E-state index in [1.54, 1.807) is 13.0 Å². The molecule has 3 rings (SSSR count). The fourth-order valence-electron chi connectivity index (χ4n) is 2.56. The largest absolute Gasteiger partial charge is 0.350 e. The number of hydrazine groups is 1. The van der Waals surface area contributed by atoms with Crippen LogP contribution in [0.4, 0.5) is 9.18 Å². The Labute approximate surface area is 145 Å². The zero-order chi connectivity index (χ0) is 18.0. The van der Waals surface area contributed by atoms with E-state index >= 15 is 0 Å². The number of nitrogens with zero attached hydrogens (tertiary/aromatic N) is 1. The van der Waals surface area contributed by atoms with Gasteiger partial charge in [-0.25, -0.2) is 27.3 Å². The van der Waals surface area contributed by atoms with Crippen LogP contribution in [0.3, 0.4) is 0 Å². The first kappa shape index (κ1) is 17.0. The quantitative estimate of drug-likeness (QED) is 0.881. The second-order valence-electron chi connectivity index (χ2n) is 5.53. The molecule has 2 N–H and O–H groups in total. The first-order valence-corrected chi connectivity index (χ1v) is 8.97. The summed E-state index contributed by atoms with van der Waals surface area (Å²) in [5.41, 5.74) is 4.33. The minimum atomic E-state index is -4.33. The number of amides is 2. The van der Waals surface area contributed by atoms with Gasteiger partial charge in [0.25, 0.3) is 10.0 Å². The van der Waals surface area contributed by atoms with E-state index in [1.807, 2.05) is 35.1 Å². The van der Waals surface area contributed by atoms with Gasteiger partial charge >= 0.3 is 6.03 Å². The van der Waals surface area contributed by atoms with Gasteiger partial charge in [-0.15, -0.1) is 0 Å². The summed E-state index contributed by atoms with van der Waals surface area (Å²) in [5.74, 6) is -0.925. The highest BCUT2D eigenvalue weighted by atomic mass is 32.2. The molecule has 0 spiro atoms. The summed E-state index contributed by atoms with van der Waals surface area (Å²) >= 11 is 0. The fraction of sp³-hybridized carbons (Fsp3) is 0.118. The lowest BCUT2D eigenvalue weighted by Crippen LogP contribution is -2.47. The van der Waals surface area contributed by atoms with E-state index < -0.39 is 32.8 Å². The van der Waals surface area contributed by atoms with Crippen molar-refractivity contribution >= 4 is 16.1 Å². The summed E-state index contributed by atoms with van der Waals surface area (Å²) in [6.07, 6.45) is 1.80. The van der Waals surface area contributed by atoms with E-state index in [4.69, 9.17) is 0 Å². The molecule has 6 nitrogen and oxygen atoms in total. The lowest BCUT2D eigenvalue weighted by Gasteiger charge is -2.25. The Morgan fingerprint density at radius 3 is 2.44 bits per heavy atom. The van der Waals surface area contributed by atoms with Crippen LogP contribution in [0.5, 0.6) is 0 Å². The van der Waals surface area contributed by atoms with Gasteiger partial charge in [0.2, 0.25) is 0 Å². The van der Waals surface area contributed by atoms with Gasteiger partial charge in [0.15, 0.2) is 0 Å². The number of carbonyl (C=O) groups is 1. The van der Waals surface area contributed by atoms with Gasteiger partial charge in [-0.3, -0.25) is 5.43 Å². The maximum absolute atomic E-state index is 13.7. The predicted molar refractivity (Wildman–Crippen MR) is 90.0 cm³/mol. The van der Waals surface area contributed by atoms with Gasteiger partial charge in [-0.2, -0.15) is 0 Å². The van der Waals surface area contributed by atoms with Crippen LogP contribution in [0, 0.1) is 5.82 Å². The number of rotatable bonds is 3. The zero-order valence-corrected chi connectivity index (χ0v) is 14.1. The third-order valence-corrected chi connectivity index (χ3v) is 5.04. The number of urea groups is 1. The van der Waals surface area contributed by atoms with E-state index in [-0.39, 0.29) is 0 Å². The van der Waals surface area contributed by atoms with Gasteiger partial charge in [0.05, 0.1) is 0 Å². The molecule has 0 radical (unpaired) electrons. The molecule has 2 amide bonds. The van der Waals surface area contributed by atoms with Gasteiger partial charge in [-0.05, 0) is 30.7 Å². The molecular formula is C17H16FN3O3S. The monoisotopic (exact) mass is 361 g/mol. The second kappa shape index (κ2) is 6.56. The minimum absolute atomic E-state index is 0.475. The summed E-state index contributed by atoms with van der Waals surface area (Å²) in [6.45, 7) is 1.76. The van der Waals surface area contributed by atoms with Crippen LogP contribution < -0.4 is 10.1 Å². The molecule has 0 saturated heterocycles. The number of hydrogen-bond acceptors (Lipinski definition) is 4. The maximum Gasteiger partial charge on any atom is 0.350 e. The Morgan fingerprint density at radius 2 is 1.76 bits per heavy atom. The molecule has 0 fully saturated rings. The van der Waals surface area contributed by atoms with Crippen LogP contribution in [-0.2, 0) is 10.0 Å².